The second-order valence-electron chi connectivity index (χ2n) is 3.82. The van der Waals surface area contributed by atoms with Gasteiger partial charge in [-0.2, -0.15) is 5.10 Å². The first kappa shape index (κ1) is 13.0. The molecule has 5 nitrogen and oxygen atoms in total. The predicted molar refractivity (Wildman–Crippen MR) is 63.6 cm³/mol. The van der Waals surface area contributed by atoms with E-state index in [0.717, 1.165) is 18.1 Å². The molecule has 0 fully saturated rings. The van der Waals surface area contributed by atoms with Gasteiger partial charge in [-0.3, -0.25) is 0 Å². The van der Waals surface area contributed by atoms with E-state index in [1.807, 2.05) is 19.9 Å². The summed E-state index contributed by atoms with van der Waals surface area (Å²) < 4.78 is 7.11. The Kier molecular flexibility index (Phi) is 5.28. The molecule has 1 atom stereocenters. The number of aliphatic hydroxyl groups is 1. The maximum Gasteiger partial charge on any atom is 0.124 e. The largest absolute Gasteiger partial charge is 0.394 e. The maximum absolute atomic E-state index is 8.92. The van der Waals surface area contributed by atoms with Crippen LogP contribution in [0.4, 0.5) is 5.82 Å². The summed E-state index contributed by atoms with van der Waals surface area (Å²) >= 11 is 0. The van der Waals surface area contributed by atoms with E-state index >= 15 is 0 Å². The van der Waals surface area contributed by atoms with Crippen molar-refractivity contribution in [2.75, 3.05) is 25.1 Å². The molecule has 1 aromatic rings. The highest BCUT2D eigenvalue weighted by Crippen LogP contribution is 2.11. The van der Waals surface area contributed by atoms with Crippen LogP contribution in [0.1, 0.15) is 19.5 Å². The molecular formula is C11H21N3O2. The van der Waals surface area contributed by atoms with E-state index in [1.54, 1.807) is 4.68 Å². The molecule has 1 aromatic heterocycles. The van der Waals surface area contributed by atoms with Crippen LogP contribution < -0.4 is 5.32 Å². The number of hydrogen-bond donors (Lipinski definition) is 2. The molecule has 16 heavy (non-hydrogen) atoms. The third-order valence-electron chi connectivity index (χ3n) is 2.18. The number of nitrogens with one attached hydrogen (secondary N) is 1. The standard InChI is InChI=1S/C11H21N3O2/c1-4-16-8-10(3)12-11-7-9(2)13-14(11)5-6-15/h7,10,12,15H,4-6,8H2,1-3H3. The average molecular weight is 227 g/mol. The van der Waals surface area contributed by atoms with Gasteiger partial charge >= 0.3 is 0 Å². The Labute approximate surface area is 96.4 Å². The van der Waals surface area contributed by atoms with Gasteiger partial charge in [0.2, 0.25) is 0 Å². The van der Waals surface area contributed by atoms with Crippen molar-refractivity contribution in [1.82, 2.24) is 9.78 Å². The Bertz CT molecular complexity index is 312. The van der Waals surface area contributed by atoms with Crippen LogP contribution in [-0.4, -0.2) is 40.7 Å². The summed E-state index contributed by atoms with van der Waals surface area (Å²) in [4.78, 5) is 0. The zero-order valence-corrected chi connectivity index (χ0v) is 10.2. The van der Waals surface area contributed by atoms with Crippen LogP contribution in [0, 0.1) is 6.92 Å². The van der Waals surface area contributed by atoms with Crippen LogP contribution in [0.5, 0.6) is 0 Å². The molecule has 1 unspecified atom stereocenters. The number of ether oxygens (including phenoxy) is 1. The summed E-state index contributed by atoms with van der Waals surface area (Å²) in [6, 6.07) is 2.20. The second kappa shape index (κ2) is 6.50. The molecule has 0 aliphatic rings. The minimum absolute atomic E-state index is 0.0929. The first-order chi connectivity index (χ1) is 7.67. The molecule has 92 valence electrons. The van der Waals surface area contributed by atoms with Crippen LogP contribution in [0.2, 0.25) is 0 Å². The van der Waals surface area contributed by atoms with Gasteiger partial charge < -0.3 is 15.2 Å². The first-order valence-corrected chi connectivity index (χ1v) is 5.67. The zero-order valence-electron chi connectivity index (χ0n) is 10.2. The fourth-order valence-electron chi connectivity index (χ4n) is 1.52. The van der Waals surface area contributed by atoms with Crippen LogP contribution >= 0.6 is 0 Å². The topological polar surface area (TPSA) is 59.3 Å². The van der Waals surface area contributed by atoms with E-state index < -0.39 is 0 Å². The Morgan fingerprint density at radius 1 is 1.62 bits per heavy atom. The molecule has 1 rings (SSSR count). The van der Waals surface area contributed by atoms with Crippen LogP contribution in [0.3, 0.4) is 0 Å². The molecule has 0 aliphatic carbocycles. The molecule has 0 radical (unpaired) electrons. The van der Waals surface area contributed by atoms with Gasteiger partial charge in [0, 0.05) is 18.7 Å². The second-order valence-corrected chi connectivity index (χ2v) is 3.82. The van der Waals surface area contributed by atoms with Gasteiger partial charge in [0.25, 0.3) is 0 Å². The number of hydrogen-bond acceptors (Lipinski definition) is 4. The minimum Gasteiger partial charge on any atom is -0.394 e. The number of aromatic nitrogens is 2. The summed E-state index contributed by atoms with van der Waals surface area (Å²) in [5.41, 5.74) is 0.944. The fourth-order valence-corrected chi connectivity index (χ4v) is 1.52. The number of aliphatic hydroxyl groups excluding tert-OH is 1. The van der Waals surface area contributed by atoms with Gasteiger partial charge in [-0.15, -0.1) is 0 Å². The van der Waals surface area contributed by atoms with E-state index in [2.05, 4.69) is 17.3 Å². The quantitative estimate of drug-likeness (QED) is 0.730. The lowest BCUT2D eigenvalue weighted by Crippen LogP contribution is -2.24. The third-order valence-corrected chi connectivity index (χ3v) is 2.18. The van der Waals surface area contributed by atoms with Gasteiger partial charge in [0.15, 0.2) is 0 Å². The molecule has 0 saturated heterocycles. The summed E-state index contributed by atoms with van der Waals surface area (Å²) in [7, 11) is 0. The van der Waals surface area contributed by atoms with E-state index in [-0.39, 0.29) is 12.6 Å². The zero-order chi connectivity index (χ0) is 12.0. The Hall–Kier alpha value is -1.07. The van der Waals surface area contributed by atoms with Crippen molar-refractivity contribution in [2.24, 2.45) is 0 Å². The smallest absolute Gasteiger partial charge is 0.124 e. The van der Waals surface area contributed by atoms with E-state index in [1.165, 1.54) is 0 Å². The molecule has 0 spiro atoms. The Morgan fingerprint density at radius 2 is 2.38 bits per heavy atom. The monoisotopic (exact) mass is 227 g/mol. The Balaban J connectivity index is 2.57. The molecule has 0 bridgehead atoms. The summed E-state index contributed by atoms with van der Waals surface area (Å²) in [6.07, 6.45) is 0. The molecule has 0 aliphatic heterocycles. The van der Waals surface area contributed by atoms with Crippen LogP contribution in [0.15, 0.2) is 6.07 Å². The Morgan fingerprint density at radius 3 is 3.00 bits per heavy atom. The van der Waals surface area contributed by atoms with Gasteiger partial charge in [0.1, 0.15) is 5.82 Å². The first-order valence-electron chi connectivity index (χ1n) is 5.67. The van der Waals surface area contributed by atoms with E-state index in [4.69, 9.17) is 9.84 Å². The van der Waals surface area contributed by atoms with Crippen molar-refractivity contribution in [3.63, 3.8) is 0 Å². The minimum atomic E-state index is 0.0929. The lowest BCUT2D eigenvalue weighted by Gasteiger charge is -2.15. The molecule has 0 aromatic carbocycles. The molecule has 0 amide bonds. The normalized spacial score (nSPS) is 12.8. The highest BCUT2D eigenvalue weighted by molar-refractivity contribution is 5.37. The van der Waals surface area contributed by atoms with Crippen LogP contribution in [0.25, 0.3) is 0 Å². The molecule has 1 heterocycles. The number of anilines is 1. The van der Waals surface area contributed by atoms with Crippen molar-refractivity contribution in [3.8, 4) is 0 Å². The van der Waals surface area contributed by atoms with Crippen molar-refractivity contribution >= 4 is 5.82 Å². The lowest BCUT2D eigenvalue weighted by atomic mass is 10.3. The van der Waals surface area contributed by atoms with Crippen molar-refractivity contribution in [2.45, 2.75) is 33.4 Å². The highest BCUT2D eigenvalue weighted by atomic mass is 16.5. The predicted octanol–water partition coefficient (Wildman–Crippen LogP) is 1.02. The van der Waals surface area contributed by atoms with Crippen molar-refractivity contribution in [1.29, 1.82) is 0 Å². The van der Waals surface area contributed by atoms with Gasteiger partial charge in [-0.25, -0.2) is 4.68 Å². The van der Waals surface area contributed by atoms with Gasteiger partial charge in [-0.1, -0.05) is 0 Å². The summed E-state index contributed by atoms with van der Waals surface area (Å²) in [5.74, 6) is 0.929. The fraction of sp³-hybridized carbons (Fsp3) is 0.727. The van der Waals surface area contributed by atoms with Gasteiger partial charge in [-0.05, 0) is 20.8 Å². The lowest BCUT2D eigenvalue weighted by molar-refractivity contribution is 0.141. The average Bonchev–Trinajstić information content (AvgIpc) is 2.56. The molecular weight excluding hydrogens is 206 g/mol. The SMILES string of the molecule is CCOCC(C)Nc1cc(C)nn1CCO. The molecule has 5 heteroatoms. The maximum atomic E-state index is 8.92. The van der Waals surface area contributed by atoms with Crippen molar-refractivity contribution in [3.05, 3.63) is 11.8 Å². The van der Waals surface area contributed by atoms with E-state index in [9.17, 15) is 0 Å². The number of rotatable bonds is 7. The molecule has 0 saturated carbocycles. The summed E-state index contributed by atoms with van der Waals surface area (Å²) in [6.45, 7) is 7.97. The van der Waals surface area contributed by atoms with E-state index in [0.29, 0.717) is 13.2 Å². The number of nitrogens with zero attached hydrogens (tertiary/aromatic N) is 2. The summed E-state index contributed by atoms with van der Waals surface area (Å²) in [5, 5.41) is 16.5. The molecule has 2 N–H and O–H groups in total. The van der Waals surface area contributed by atoms with Gasteiger partial charge in [0.05, 0.1) is 25.5 Å². The number of aryl methyl sites for hydroxylation is 1. The highest BCUT2D eigenvalue weighted by Gasteiger charge is 2.08. The third kappa shape index (κ3) is 3.83. The van der Waals surface area contributed by atoms with Crippen LogP contribution in [-0.2, 0) is 11.3 Å². The van der Waals surface area contributed by atoms with Crippen molar-refractivity contribution < 1.29 is 9.84 Å².